The highest BCUT2D eigenvalue weighted by Gasteiger charge is 2.27. The van der Waals surface area contributed by atoms with Gasteiger partial charge in [-0.15, -0.1) is 11.8 Å². The number of benzene rings is 1. The molecule has 3 rings (SSSR count). The van der Waals surface area contributed by atoms with Gasteiger partial charge in [0.15, 0.2) is 6.61 Å². The highest BCUT2D eigenvalue weighted by atomic mass is 32.2. The first kappa shape index (κ1) is 25.6. The summed E-state index contributed by atoms with van der Waals surface area (Å²) in [5.74, 6) is -0.557. The van der Waals surface area contributed by atoms with E-state index >= 15 is 0 Å². The average Bonchev–Trinajstić information content (AvgIpc) is 2.77. The third-order valence-electron chi connectivity index (χ3n) is 6.04. The Bertz CT molecular complexity index is 800. The lowest BCUT2D eigenvalue weighted by Crippen LogP contribution is -2.49. The Morgan fingerprint density at radius 3 is 2.36 bits per heavy atom. The lowest BCUT2D eigenvalue weighted by atomic mass is 9.97. The molecule has 1 heterocycles. The van der Waals surface area contributed by atoms with E-state index in [1.807, 2.05) is 19.9 Å². The number of hydrogen-bond donors (Lipinski definition) is 1. The van der Waals surface area contributed by atoms with Crippen molar-refractivity contribution in [2.75, 3.05) is 25.4 Å². The molecule has 0 radical (unpaired) electrons. The predicted octanol–water partition coefficient (Wildman–Crippen LogP) is 3.80. The molecule has 2 amide bonds. The van der Waals surface area contributed by atoms with Crippen LogP contribution in [0.1, 0.15) is 69.2 Å². The van der Waals surface area contributed by atoms with Crippen LogP contribution in [0.3, 0.4) is 0 Å². The van der Waals surface area contributed by atoms with Crippen LogP contribution in [0.5, 0.6) is 0 Å². The minimum absolute atomic E-state index is 0.0144. The Morgan fingerprint density at radius 2 is 1.67 bits per heavy atom. The normalized spacial score (nSPS) is 22.2. The second kappa shape index (κ2) is 13.0. The molecule has 1 aromatic rings. The summed E-state index contributed by atoms with van der Waals surface area (Å²) in [4.78, 5) is 40.0. The number of morpholine rings is 1. The summed E-state index contributed by atoms with van der Waals surface area (Å²) in [6.07, 6.45) is 8.08. The van der Waals surface area contributed by atoms with Crippen molar-refractivity contribution in [3.63, 3.8) is 0 Å². The fourth-order valence-electron chi connectivity index (χ4n) is 4.45. The highest BCUT2D eigenvalue weighted by Crippen LogP contribution is 2.24. The number of rotatable bonds is 7. The zero-order valence-electron chi connectivity index (χ0n) is 19.7. The number of thioether (sulfide) groups is 1. The van der Waals surface area contributed by atoms with E-state index in [-0.39, 0.29) is 42.4 Å². The minimum atomic E-state index is -0.554. The van der Waals surface area contributed by atoms with Crippen LogP contribution in [-0.4, -0.2) is 66.4 Å². The van der Waals surface area contributed by atoms with Crippen molar-refractivity contribution in [2.24, 2.45) is 0 Å². The van der Waals surface area contributed by atoms with Crippen molar-refractivity contribution >= 4 is 29.5 Å². The molecule has 7 nitrogen and oxygen atoms in total. The molecule has 0 aromatic heterocycles. The summed E-state index contributed by atoms with van der Waals surface area (Å²) in [6, 6.07) is 7.30. The summed E-state index contributed by atoms with van der Waals surface area (Å²) in [6.45, 7) is 4.51. The third-order valence-corrected chi connectivity index (χ3v) is 7.11. The van der Waals surface area contributed by atoms with Gasteiger partial charge in [0.25, 0.3) is 5.91 Å². The number of carbonyl (C=O) groups is 3. The molecule has 1 saturated heterocycles. The SMILES string of the molecule is CC1CN(C(=O)COC(=O)c2ccccc2SCC(=O)NC2CCCCCCC2)CC(C)O1. The van der Waals surface area contributed by atoms with E-state index in [2.05, 4.69) is 5.32 Å². The van der Waals surface area contributed by atoms with Crippen LogP contribution in [0, 0.1) is 0 Å². The fourth-order valence-corrected chi connectivity index (χ4v) is 5.30. The molecule has 1 aliphatic carbocycles. The summed E-state index contributed by atoms with van der Waals surface area (Å²) < 4.78 is 11.0. The molecule has 33 heavy (non-hydrogen) atoms. The van der Waals surface area contributed by atoms with E-state index in [4.69, 9.17) is 9.47 Å². The van der Waals surface area contributed by atoms with Crippen molar-refractivity contribution in [2.45, 2.75) is 81.9 Å². The lowest BCUT2D eigenvalue weighted by Gasteiger charge is -2.35. The van der Waals surface area contributed by atoms with Gasteiger partial charge in [0.05, 0.1) is 23.5 Å². The Labute approximate surface area is 200 Å². The van der Waals surface area contributed by atoms with Crippen LogP contribution in [0.25, 0.3) is 0 Å². The van der Waals surface area contributed by atoms with Crippen molar-refractivity contribution in [1.82, 2.24) is 10.2 Å². The second-order valence-corrected chi connectivity index (χ2v) is 10.0. The van der Waals surface area contributed by atoms with Gasteiger partial charge >= 0.3 is 5.97 Å². The van der Waals surface area contributed by atoms with E-state index in [0.29, 0.717) is 23.5 Å². The van der Waals surface area contributed by atoms with E-state index in [1.165, 1.54) is 31.0 Å². The van der Waals surface area contributed by atoms with E-state index in [0.717, 1.165) is 25.7 Å². The highest BCUT2D eigenvalue weighted by molar-refractivity contribution is 8.00. The number of nitrogens with one attached hydrogen (secondary N) is 1. The van der Waals surface area contributed by atoms with Crippen LogP contribution in [0.4, 0.5) is 0 Å². The van der Waals surface area contributed by atoms with Gasteiger partial charge in [-0.1, -0.05) is 44.2 Å². The second-order valence-electron chi connectivity index (χ2n) is 9.03. The maximum Gasteiger partial charge on any atom is 0.339 e. The number of ether oxygens (including phenoxy) is 2. The van der Waals surface area contributed by atoms with Crippen LogP contribution in [-0.2, 0) is 19.1 Å². The summed E-state index contributed by atoms with van der Waals surface area (Å²) >= 11 is 1.32. The first-order valence-electron chi connectivity index (χ1n) is 12.0. The fraction of sp³-hybridized carbons (Fsp3) is 0.640. The van der Waals surface area contributed by atoms with Crippen molar-refractivity contribution < 1.29 is 23.9 Å². The topological polar surface area (TPSA) is 84.9 Å². The van der Waals surface area contributed by atoms with Gasteiger partial charge in [0, 0.05) is 24.0 Å². The number of amides is 2. The number of esters is 1. The van der Waals surface area contributed by atoms with Gasteiger partial charge in [-0.05, 0) is 38.8 Å². The minimum Gasteiger partial charge on any atom is -0.452 e. The van der Waals surface area contributed by atoms with Crippen molar-refractivity contribution in [3.05, 3.63) is 29.8 Å². The summed E-state index contributed by atoms with van der Waals surface area (Å²) in [5, 5.41) is 3.15. The van der Waals surface area contributed by atoms with Gasteiger partial charge in [0.2, 0.25) is 5.91 Å². The Morgan fingerprint density at radius 1 is 1.03 bits per heavy atom. The molecule has 2 aliphatic rings. The molecule has 1 aliphatic heterocycles. The molecule has 0 bridgehead atoms. The third kappa shape index (κ3) is 8.34. The van der Waals surface area contributed by atoms with Crippen LogP contribution < -0.4 is 5.32 Å². The van der Waals surface area contributed by atoms with E-state index < -0.39 is 5.97 Å². The van der Waals surface area contributed by atoms with Gasteiger partial charge in [-0.3, -0.25) is 9.59 Å². The smallest absolute Gasteiger partial charge is 0.339 e. The quantitative estimate of drug-likeness (QED) is 0.476. The number of carbonyl (C=O) groups excluding carboxylic acids is 3. The van der Waals surface area contributed by atoms with E-state index in [1.54, 1.807) is 23.1 Å². The summed E-state index contributed by atoms with van der Waals surface area (Å²) in [5.41, 5.74) is 0.373. The molecule has 1 saturated carbocycles. The van der Waals surface area contributed by atoms with Crippen molar-refractivity contribution in [1.29, 1.82) is 0 Å². The van der Waals surface area contributed by atoms with Gasteiger partial charge in [-0.2, -0.15) is 0 Å². The zero-order chi connectivity index (χ0) is 23.6. The molecule has 8 heteroatoms. The maximum absolute atomic E-state index is 12.7. The zero-order valence-corrected chi connectivity index (χ0v) is 20.5. The van der Waals surface area contributed by atoms with Crippen LogP contribution >= 0.6 is 11.8 Å². The monoisotopic (exact) mass is 476 g/mol. The molecule has 2 atom stereocenters. The molecular formula is C25H36N2O5S. The number of hydrogen-bond acceptors (Lipinski definition) is 6. The first-order valence-corrected chi connectivity index (χ1v) is 13.0. The molecule has 0 spiro atoms. The average molecular weight is 477 g/mol. The maximum atomic E-state index is 12.7. The Kier molecular flexibility index (Phi) is 10.1. The largest absolute Gasteiger partial charge is 0.452 e. The first-order chi connectivity index (χ1) is 15.9. The van der Waals surface area contributed by atoms with Crippen molar-refractivity contribution in [3.8, 4) is 0 Å². The standard InChI is InChI=1S/C25H36N2O5S/c1-18-14-27(15-19(2)32-18)24(29)16-31-25(30)21-12-8-9-13-22(21)33-17-23(28)26-20-10-6-4-3-5-7-11-20/h8-9,12-13,18-20H,3-7,10-11,14-17H2,1-2H3,(H,26,28). The van der Waals surface area contributed by atoms with Gasteiger partial charge in [0.1, 0.15) is 0 Å². The number of nitrogens with zero attached hydrogens (tertiary/aromatic N) is 1. The van der Waals surface area contributed by atoms with Gasteiger partial charge < -0.3 is 19.7 Å². The molecule has 2 fully saturated rings. The Hall–Kier alpha value is -2.06. The summed E-state index contributed by atoms with van der Waals surface area (Å²) in [7, 11) is 0. The lowest BCUT2D eigenvalue weighted by molar-refractivity contribution is -0.146. The molecule has 1 N–H and O–H groups in total. The molecule has 1 aromatic carbocycles. The van der Waals surface area contributed by atoms with Crippen LogP contribution in [0.2, 0.25) is 0 Å². The van der Waals surface area contributed by atoms with Gasteiger partial charge in [-0.25, -0.2) is 4.79 Å². The molecular weight excluding hydrogens is 440 g/mol. The molecule has 182 valence electrons. The molecule has 2 unspecified atom stereocenters. The van der Waals surface area contributed by atoms with E-state index in [9.17, 15) is 14.4 Å². The van der Waals surface area contributed by atoms with Crippen LogP contribution in [0.15, 0.2) is 29.2 Å². The predicted molar refractivity (Wildman–Crippen MR) is 128 cm³/mol. The Balaban J connectivity index is 1.49.